The van der Waals surface area contributed by atoms with Gasteiger partial charge in [0.15, 0.2) is 0 Å². The van der Waals surface area contributed by atoms with Gasteiger partial charge >= 0.3 is 0 Å². The Kier molecular flexibility index (Phi) is 2.77. The highest BCUT2D eigenvalue weighted by Gasteiger charge is 2.34. The number of hydrogen-bond acceptors (Lipinski definition) is 1. The number of halogens is 2. The van der Waals surface area contributed by atoms with Crippen molar-refractivity contribution in [2.75, 3.05) is 5.73 Å². The second kappa shape index (κ2) is 4.34. The van der Waals surface area contributed by atoms with Gasteiger partial charge < -0.3 is 5.73 Å². The van der Waals surface area contributed by atoms with E-state index in [9.17, 15) is 8.78 Å². The van der Waals surface area contributed by atoms with E-state index in [2.05, 4.69) is 0 Å². The highest BCUT2D eigenvalue weighted by atomic mass is 19.3. The van der Waals surface area contributed by atoms with Crippen LogP contribution in [0.15, 0.2) is 42.5 Å². The van der Waals surface area contributed by atoms with Crippen molar-refractivity contribution in [2.24, 2.45) is 0 Å². The molecular formula is C16H15F2N. The number of aryl methyl sites for hydroxylation is 2. The minimum absolute atomic E-state index is 0.0142. The summed E-state index contributed by atoms with van der Waals surface area (Å²) in [4.78, 5) is 0. The van der Waals surface area contributed by atoms with Gasteiger partial charge in [0.05, 0.1) is 0 Å². The van der Waals surface area contributed by atoms with Gasteiger partial charge in [-0.05, 0) is 48.6 Å². The Morgan fingerprint density at radius 2 is 1.47 bits per heavy atom. The van der Waals surface area contributed by atoms with Crippen LogP contribution in [-0.4, -0.2) is 0 Å². The lowest BCUT2D eigenvalue weighted by Gasteiger charge is -2.18. The molecule has 0 unspecified atom stereocenters. The molecule has 2 aromatic rings. The first-order valence-electron chi connectivity index (χ1n) is 6.43. The minimum atomic E-state index is -2.97. The van der Waals surface area contributed by atoms with Crippen molar-refractivity contribution < 1.29 is 8.78 Å². The largest absolute Gasteiger partial charge is 0.399 e. The molecular weight excluding hydrogens is 244 g/mol. The van der Waals surface area contributed by atoms with Gasteiger partial charge in [0.2, 0.25) is 0 Å². The fourth-order valence-corrected chi connectivity index (χ4v) is 2.63. The topological polar surface area (TPSA) is 26.0 Å². The van der Waals surface area contributed by atoms with Crippen LogP contribution in [0.3, 0.4) is 0 Å². The number of fused-ring (bicyclic) bond motifs is 1. The Morgan fingerprint density at radius 3 is 2.21 bits per heavy atom. The van der Waals surface area contributed by atoms with Gasteiger partial charge in [-0.25, -0.2) is 0 Å². The van der Waals surface area contributed by atoms with Crippen LogP contribution in [0, 0.1) is 0 Å². The van der Waals surface area contributed by atoms with Crippen LogP contribution in [0.1, 0.15) is 28.7 Å². The third kappa shape index (κ3) is 2.09. The van der Waals surface area contributed by atoms with Crippen LogP contribution < -0.4 is 5.73 Å². The highest BCUT2D eigenvalue weighted by Crippen LogP contribution is 2.37. The second-order valence-electron chi connectivity index (χ2n) is 5.03. The van der Waals surface area contributed by atoms with Crippen LogP contribution in [0.5, 0.6) is 0 Å². The molecule has 2 N–H and O–H groups in total. The Balaban J connectivity index is 2.02. The Hall–Kier alpha value is -1.90. The second-order valence-corrected chi connectivity index (χ2v) is 5.03. The van der Waals surface area contributed by atoms with Gasteiger partial charge in [0, 0.05) is 16.8 Å². The number of rotatable bonds is 2. The number of alkyl halides is 2. The van der Waals surface area contributed by atoms with Crippen LogP contribution in [-0.2, 0) is 18.8 Å². The van der Waals surface area contributed by atoms with Gasteiger partial charge in [0.25, 0.3) is 5.92 Å². The van der Waals surface area contributed by atoms with E-state index in [1.807, 2.05) is 6.07 Å². The molecule has 0 radical (unpaired) electrons. The molecule has 0 atom stereocenters. The minimum Gasteiger partial charge on any atom is -0.399 e. The van der Waals surface area contributed by atoms with E-state index in [-0.39, 0.29) is 11.1 Å². The zero-order chi connectivity index (χ0) is 13.5. The van der Waals surface area contributed by atoms with E-state index in [1.165, 1.54) is 29.8 Å². The lowest BCUT2D eigenvalue weighted by atomic mass is 9.97. The van der Waals surface area contributed by atoms with Gasteiger partial charge in [-0.3, -0.25) is 0 Å². The third-order valence-corrected chi connectivity index (χ3v) is 3.73. The number of benzene rings is 2. The van der Waals surface area contributed by atoms with Gasteiger partial charge in [-0.15, -0.1) is 0 Å². The molecule has 19 heavy (non-hydrogen) atoms. The van der Waals surface area contributed by atoms with Crippen LogP contribution in [0.25, 0.3) is 0 Å². The van der Waals surface area contributed by atoms with E-state index in [0.29, 0.717) is 5.69 Å². The normalized spacial score (nSPS) is 14.4. The molecule has 3 rings (SSSR count). The van der Waals surface area contributed by atoms with E-state index >= 15 is 0 Å². The molecule has 0 spiro atoms. The molecule has 0 heterocycles. The SMILES string of the molecule is Nc1ccc(C(F)(F)c2ccc3c(c2)CCC3)cc1. The number of nitrogens with two attached hydrogens (primary N) is 1. The monoisotopic (exact) mass is 259 g/mol. The average Bonchev–Trinajstić information content (AvgIpc) is 2.86. The molecule has 0 saturated heterocycles. The maximum atomic E-state index is 14.4. The van der Waals surface area contributed by atoms with E-state index in [4.69, 9.17) is 5.73 Å². The molecule has 0 aromatic heterocycles. The summed E-state index contributed by atoms with van der Waals surface area (Å²) in [7, 11) is 0. The van der Waals surface area contributed by atoms with Crippen molar-refractivity contribution in [3.05, 3.63) is 64.7 Å². The first-order valence-corrected chi connectivity index (χ1v) is 6.43. The smallest absolute Gasteiger partial charge is 0.298 e. The highest BCUT2D eigenvalue weighted by molar-refractivity contribution is 5.45. The molecule has 0 bridgehead atoms. The molecule has 0 amide bonds. The fraction of sp³-hybridized carbons (Fsp3) is 0.250. The molecule has 0 aliphatic heterocycles. The molecule has 1 aliphatic rings. The summed E-state index contributed by atoms with van der Waals surface area (Å²) in [6, 6.07) is 10.8. The molecule has 98 valence electrons. The summed E-state index contributed by atoms with van der Waals surface area (Å²) in [6.07, 6.45) is 2.97. The molecule has 1 aliphatic carbocycles. The number of anilines is 1. The standard InChI is InChI=1S/C16H15F2N/c17-16(18,13-6-8-15(19)9-7-13)14-5-4-11-2-1-3-12(11)10-14/h4-10H,1-3,19H2. The maximum absolute atomic E-state index is 14.4. The van der Waals surface area contributed by atoms with Crippen molar-refractivity contribution in [2.45, 2.75) is 25.2 Å². The summed E-state index contributed by atoms with van der Waals surface area (Å²) >= 11 is 0. The summed E-state index contributed by atoms with van der Waals surface area (Å²) in [6.45, 7) is 0. The number of hydrogen-bond donors (Lipinski definition) is 1. The summed E-state index contributed by atoms with van der Waals surface area (Å²) in [5.41, 5.74) is 8.35. The average molecular weight is 259 g/mol. The maximum Gasteiger partial charge on any atom is 0.298 e. The first kappa shape index (κ1) is 12.2. The zero-order valence-electron chi connectivity index (χ0n) is 10.5. The summed E-state index contributed by atoms with van der Waals surface area (Å²) < 4.78 is 28.9. The zero-order valence-corrected chi connectivity index (χ0v) is 10.5. The van der Waals surface area contributed by atoms with Crippen LogP contribution in [0.4, 0.5) is 14.5 Å². The van der Waals surface area contributed by atoms with E-state index in [1.54, 1.807) is 12.1 Å². The summed E-state index contributed by atoms with van der Waals surface area (Å²) in [5, 5.41) is 0. The summed E-state index contributed by atoms with van der Waals surface area (Å²) in [5.74, 6) is -2.97. The molecule has 3 heteroatoms. The predicted octanol–water partition coefficient (Wildman–Crippen LogP) is 3.90. The molecule has 0 saturated carbocycles. The van der Waals surface area contributed by atoms with Crippen molar-refractivity contribution in [1.29, 1.82) is 0 Å². The van der Waals surface area contributed by atoms with E-state index < -0.39 is 5.92 Å². The Bertz CT molecular complexity index is 603. The first-order chi connectivity index (χ1) is 9.07. The Morgan fingerprint density at radius 1 is 0.842 bits per heavy atom. The number of nitrogen functional groups attached to an aromatic ring is 1. The van der Waals surface area contributed by atoms with Crippen molar-refractivity contribution in [3.8, 4) is 0 Å². The quantitative estimate of drug-likeness (QED) is 0.813. The van der Waals surface area contributed by atoms with Gasteiger partial charge in [-0.1, -0.05) is 24.3 Å². The van der Waals surface area contributed by atoms with E-state index in [0.717, 1.165) is 24.8 Å². The Labute approximate surface area is 111 Å². The van der Waals surface area contributed by atoms with Crippen LogP contribution >= 0.6 is 0 Å². The lowest BCUT2D eigenvalue weighted by Crippen LogP contribution is -2.15. The molecule has 2 aromatic carbocycles. The van der Waals surface area contributed by atoms with Gasteiger partial charge in [0.1, 0.15) is 0 Å². The van der Waals surface area contributed by atoms with Gasteiger partial charge in [-0.2, -0.15) is 8.78 Å². The fourth-order valence-electron chi connectivity index (χ4n) is 2.63. The molecule has 1 nitrogen and oxygen atoms in total. The third-order valence-electron chi connectivity index (χ3n) is 3.73. The predicted molar refractivity (Wildman–Crippen MR) is 72.3 cm³/mol. The van der Waals surface area contributed by atoms with Crippen molar-refractivity contribution >= 4 is 5.69 Å². The lowest BCUT2D eigenvalue weighted by molar-refractivity contribution is 0.0428. The van der Waals surface area contributed by atoms with Crippen molar-refractivity contribution in [3.63, 3.8) is 0 Å². The molecule has 0 fully saturated rings. The van der Waals surface area contributed by atoms with Crippen LogP contribution in [0.2, 0.25) is 0 Å². The van der Waals surface area contributed by atoms with Crippen molar-refractivity contribution in [1.82, 2.24) is 0 Å².